The highest BCUT2D eigenvalue weighted by Gasteiger charge is 2.21. The Morgan fingerprint density at radius 1 is 1.23 bits per heavy atom. The number of nitrogens with zero attached hydrogens (tertiary/aromatic N) is 1. The molecule has 0 heterocycles. The summed E-state index contributed by atoms with van der Waals surface area (Å²) in [5.41, 5.74) is 0. The number of thiocarbonyl (C=S) groups is 1. The second-order valence-electron chi connectivity index (χ2n) is 4.32. The normalized spacial score (nSPS) is 12.6. The lowest BCUT2D eigenvalue weighted by Crippen LogP contribution is -2.49. The number of quaternary nitrogens is 1. The van der Waals surface area contributed by atoms with E-state index in [1.54, 1.807) is 0 Å². The van der Waals surface area contributed by atoms with Crippen molar-refractivity contribution in [3.8, 4) is 0 Å². The van der Waals surface area contributed by atoms with Crippen LogP contribution in [0.4, 0.5) is 0 Å². The van der Waals surface area contributed by atoms with Crippen LogP contribution >= 0.6 is 24.8 Å². The minimum atomic E-state index is 0.397. The first-order valence-electron chi connectivity index (χ1n) is 4.59. The molecule has 0 amide bonds. The summed E-state index contributed by atoms with van der Waals surface area (Å²) in [6.45, 7) is 10.4. The van der Waals surface area contributed by atoms with Crippen LogP contribution in [0, 0.1) is 11.8 Å². The van der Waals surface area contributed by atoms with Crippen LogP contribution in [0.25, 0.3) is 0 Å². The molecular weight excluding hydrogens is 218 g/mol. The molecule has 78 valence electrons. The Morgan fingerprint density at radius 2 is 1.54 bits per heavy atom. The van der Waals surface area contributed by atoms with Gasteiger partial charge in [-0.25, -0.2) is 0 Å². The second kappa shape index (κ2) is 5.59. The van der Waals surface area contributed by atoms with Crippen LogP contribution in [0.5, 0.6) is 0 Å². The summed E-state index contributed by atoms with van der Waals surface area (Å²) in [5.74, 6) is 1.11. The van der Waals surface area contributed by atoms with Crippen LogP contribution in [0.2, 0.25) is 0 Å². The van der Waals surface area contributed by atoms with E-state index in [4.69, 9.17) is 25.0 Å². The number of hydrogen-bond donors (Lipinski definition) is 1. The third-order valence-electron chi connectivity index (χ3n) is 1.67. The predicted octanol–water partition coefficient (Wildman–Crippen LogP) is 2.79. The molecule has 0 unspecified atom stereocenters. The third-order valence-corrected chi connectivity index (χ3v) is 3.13. The second-order valence-corrected chi connectivity index (χ2v) is 6.14. The van der Waals surface area contributed by atoms with Gasteiger partial charge in [-0.2, -0.15) is 0 Å². The van der Waals surface area contributed by atoms with E-state index >= 15 is 0 Å². The molecule has 0 saturated carbocycles. The van der Waals surface area contributed by atoms with Crippen LogP contribution in [-0.4, -0.2) is 21.3 Å². The van der Waals surface area contributed by atoms with Gasteiger partial charge in [-0.1, -0.05) is 40.3 Å². The minimum absolute atomic E-state index is 0.397. The molecule has 0 rings (SSSR count). The molecule has 0 aromatic rings. The number of hydrogen-bond acceptors (Lipinski definition) is 2. The molecule has 0 aliphatic rings. The van der Waals surface area contributed by atoms with Crippen molar-refractivity contribution in [2.45, 2.75) is 27.7 Å². The Bertz CT molecular complexity index is 168. The van der Waals surface area contributed by atoms with Crippen molar-refractivity contribution >= 4 is 42.0 Å². The van der Waals surface area contributed by atoms with Crippen LogP contribution in [0.15, 0.2) is 0 Å². The summed E-state index contributed by atoms with van der Waals surface area (Å²) < 4.78 is 1.02. The fourth-order valence-electron chi connectivity index (χ4n) is 1.41. The molecular formula is C9H19NS3. The first-order chi connectivity index (χ1) is 5.78. The van der Waals surface area contributed by atoms with Crippen molar-refractivity contribution in [2.24, 2.45) is 11.8 Å². The van der Waals surface area contributed by atoms with Crippen LogP contribution in [-0.2, 0) is 12.8 Å². The van der Waals surface area contributed by atoms with Gasteiger partial charge < -0.3 is 16.7 Å². The molecule has 0 aromatic carbocycles. The largest absolute Gasteiger partial charge is 0.486 e. The van der Waals surface area contributed by atoms with Crippen molar-refractivity contribution in [2.75, 3.05) is 13.1 Å². The van der Waals surface area contributed by atoms with Gasteiger partial charge in [0.25, 0.3) is 0 Å². The zero-order valence-corrected chi connectivity index (χ0v) is 11.3. The van der Waals surface area contributed by atoms with E-state index in [1.807, 2.05) is 0 Å². The highest BCUT2D eigenvalue weighted by atomic mass is 32.1. The summed E-state index contributed by atoms with van der Waals surface area (Å²) in [6, 6.07) is 0. The van der Waals surface area contributed by atoms with E-state index in [-0.39, 0.29) is 0 Å². The van der Waals surface area contributed by atoms with Crippen molar-refractivity contribution < 1.29 is 3.89 Å². The Morgan fingerprint density at radius 3 is 1.69 bits per heavy atom. The van der Waals surface area contributed by atoms with E-state index in [9.17, 15) is 0 Å². The molecule has 0 aromatic heterocycles. The van der Waals surface area contributed by atoms with E-state index in [2.05, 4.69) is 40.3 Å². The molecule has 4 heteroatoms. The van der Waals surface area contributed by atoms with Crippen molar-refractivity contribution in [3.63, 3.8) is 0 Å². The highest BCUT2D eigenvalue weighted by Crippen LogP contribution is 2.16. The topological polar surface area (TPSA) is 0 Å². The fourth-order valence-corrected chi connectivity index (χ4v) is 2.32. The van der Waals surface area contributed by atoms with Gasteiger partial charge in [0.2, 0.25) is 4.32 Å². The SMILES string of the molecule is CC(C)C[N+]([S-])(CC(C)C)C(=S)S. The minimum Gasteiger partial charge on any atom is -0.486 e. The predicted molar refractivity (Wildman–Crippen MR) is 68.6 cm³/mol. The molecule has 0 N–H and O–H groups in total. The standard InChI is InChI=1S/C9H19NS3/c1-7(2)5-10(13,9(11)12)6-8(3)4/h7-8H,5-6H2,1-4H3,(H,11,12). The van der Waals surface area contributed by atoms with Crippen LogP contribution in [0.3, 0.4) is 0 Å². The summed E-state index contributed by atoms with van der Waals surface area (Å²) in [4.78, 5) is 0. The van der Waals surface area contributed by atoms with E-state index < -0.39 is 0 Å². The lowest BCUT2D eigenvalue weighted by molar-refractivity contribution is -0.699. The average molecular weight is 237 g/mol. The maximum absolute atomic E-state index is 5.50. The highest BCUT2D eigenvalue weighted by molar-refractivity contribution is 8.10. The average Bonchev–Trinajstić information content (AvgIpc) is 1.82. The maximum Gasteiger partial charge on any atom is 0.212 e. The quantitative estimate of drug-likeness (QED) is 0.346. The number of rotatable bonds is 4. The smallest absolute Gasteiger partial charge is 0.212 e. The van der Waals surface area contributed by atoms with Crippen molar-refractivity contribution in [3.05, 3.63) is 0 Å². The molecule has 0 saturated heterocycles. The van der Waals surface area contributed by atoms with Gasteiger partial charge >= 0.3 is 0 Å². The Balaban J connectivity index is 4.43. The van der Waals surface area contributed by atoms with Gasteiger partial charge in [0.05, 0.1) is 13.1 Å². The molecule has 1 nitrogen and oxygen atoms in total. The van der Waals surface area contributed by atoms with Crippen molar-refractivity contribution in [1.82, 2.24) is 0 Å². The van der Waals surface area contributed by atoms with E-state index in [1.165, 1.54) is 0 Å². The molecule has 0 spiro atoms. The Hall–Kier alpha value is 0.750. The third kappa shape index (κ3) is 5.25. The Kier molecular flexibility index (Phi) is 5.91. The molecule has 0 aliphatic heterocycles. The first-order valence-corrected chi connectivity index (χ1v) is 5.81. The van der Waals surface area contributed by atoms with Gasteiger partial charge in [-0.15, -0.1) is 0 Å². The fraction of sp³-hybridized carbons (Fsp3) is 0.889. The van der Waals surface area contributed by atoms with E-state index in [0.717, 1.165) is 13.1 Å². The van der Waals surface area contributed by atoms with Gasteiger partial charge in [0, 0.05) is 11.8 Å². The molecule has 0 bridgehead atoms. The zero-order chi connectivity index (χ0) is 10.6. The van der Waals surface area contributed by atoms with Gasteiger partial charge in [-0.05, 0) is 12.2 Å². The Labute approximate surface area is 98.4 Å². The van der Waals surface area contributed by atoms with Gasteiger partial charge in [0.1, 0.15) is 0 Å². The molecule has 0 aliphatic carbocycles. The van der Waals surface area contributed by atoms with E-state index in [0.29, 0.717) is 20.0 Å². The molecule has 13 heavy (non-hydrogen) atoms. The summed E-state index contributed by atoms with van der Waals surface area (Å²) in [6.07, 6.45) is 0. The lowest BCUT2D eigenvalue weighted by atomic mass is 10.1. The number of thiol groups is 1. The monoisotopic (exact) mass is 237 g/mol. The summed E-state index contributed by atoms with van der Waals surface area (Å²) >= 11 is 14.8. The summed E-state index contributed by atoms with van der Waals surface area (Å²) in [5, 5.41) is 0. The molecule has 0 radical (unpaired) electrons. The van der Waals surface area contributed by atoms with Gasteiger partial charge in [-0.3, -0.25) is 0 Å². The first kappa shape index (κ1) is 13.8. The summed E-state index contributed by atoms with van der Waals surface area (Å²) in [7, 11) is 0. The lowest BCUT2D eigenvalue weighted by Gasteiger charge is -2.44. The molecule has 0 fully saturated rings. The maximum atomic E-state index is 5.50. The van der Waals surface area contributed by atoms with Crippen LogP contribution in [0.1, 0.15) is 27.7 Å². The van der Waals surface area contributed by atoms with Crippen molar-refractivity contribution in [1.29, 1.82) is 0 Å². The van der Waals surface area contributed by atoms with Gasteiger partial charge in [0.15, 0.2) is 0 Å². The zero-order valence-electron chi connectivity index (χ0n) is 8.78. The van der Waals surface area contributed by atoms with Crippen LogP contribution < -0.4 is 0 Å². The molecule has 0 atom stereocenters.